The lowest BCUT2D eigenvalue weighted by Gasteiger charge is -2.25. The molecule has 0 amide bonds. The van der Waals surface area contributed by atoms with E-state index >= 15 is 0 Å². The monoisotopic (exact) mass is 502 g/mol. The fourth-order valence-corrected chi connectivity index (χ4v) is 6.49. The fraction of sp³-hybridized carbons (Fsp3) is 0.361. The summed E-state index contributed by atoms with van der Waals surface area (Å²) >= 11 is 0. The Hall–Kier alpha value is -3.39. The molecule has 38 heavy (non-hydrogen) atoms. The second kappa shape index (κ2) is 8.30. The molecule has 0 spiro atoms. The number of benzene rings is 4. The molecule has 2 heterocycles. The maximum absolute atomic E-state index is 6.84. The highest BCUT2D eigenvalue weighted by Gasteiger charge is 2.32. The number of hydrogen-bond acceptors (Lipinski definition) is 1. The van der Waals surface area contributed by atoms with Gasteiger partial charge < -0.3 is 4.74 Å². The number of nitrogens with zero attached hydrogens (tertiary/aromatic N) is 1. The molecule has 2 nitrogen and oxygen atoms in total. The van der Waals surface area contributed by atoms with Crippen molar-refractivity contribution < 1.29 is 9.30 Å². The first-order valence-corrected chi connectivity index (χ1v) is 13.9. The summed E-state index contributed by atoms with van der Waals surface area (Å²) in [5.41, 5.74) is 8.27. The van der Waals surface area contributed by atoms with Crippen molar-refractivity contribution in [1.29, 1.82) is 0 Å². The van der Waals surface area contributed by atoms with Crippen LogP contribution in [0.3, 0.4) is 0 Å². The highest BCUT2D eigenvalue weighted by molar-refractivity contribution is 6.16. The molecule has 6 rings (SSSR count). The maximum Gasteiger partial charge on any atom is 0.228 e. The van der Waals surface area contributed by atoms with Gasteiger partial charge in [-0.1, -0.05) is 77.9 Å². The van der Waals surface area contributed by atoms with Crippen molar-refractivity contribution in [3.63, 3.8) is 0 Å². The molecule has 0 fully saturated rings. The second-order valence-corrected chi connectivity index (χ2v) is 13.9. The minimum absolute atomic E-state index is 0.246. The van der Waals surface area contributed by atoms with E-state index in [9.17, 15) is 0 Å². The van der Waals surface area contributed by atoms with Crippen molar-refractivity contribution >= 4 is 32.3 Å². The highest BCUT2D eigenvalue weighted by Crippen LogP contribution is 2.51. The third kappa shape index (κ3) is 4.06. The summed E-state index contributed by atoms with van der Waals surface area (Å²) in [6.45, 7) is 18.3. The first-order valence-electron chi connectivity index (χ1n) is 13.9. The van der Waals surface area contributed by atoms with Crippen molar-refractivity contribution in [2.45, 2.75) is 68.2 Å². The van der Waals surface area contributed by atoms with Crippen LogP contribution in [-0.2, 0) is 19.9 Å². The minimum Gasteiger partial charge on any atom is -0.455 e. The normalized spacial score (nSPS) is 13.3. The number of aryl methyl sites for hydroxylation is 3. The summed E-state index contributed by atoms with van der Waals surface area (Å²) in [6.07, 6.45) is 4.34. The van der Waals surface area contributed by atoms with Gasteiger partial charge in [-0.2, -0.15) is 0 Å². The van der Waals surface area contributed by atoms with Gasteiger partial charge in [0, 0.05) is 17.0 Å². The Morgan fingerprint density at radius 1 is 0.684 bits per heavy atom. The van der Waals surface area contributed by atoms with E-state index in [1.54, 1.807) is 0 Å². The Balaban J connectivity index is 1.66. The fourth-order valence-electron chi connectivity index (χ4n) is 6.49. The second-order valence-electron chi connectivity index (χ2n) is 13.9. The van der Waals surface area contributed by atoms with Gasteiger partial charge in [0.15, 0.2) is 6.20 Å². The van der Waals surface area contributed by atoms with E-state index in [2.05, 4.69) is 122 Å². The molecular formula is C36H40NO+. The number of hydrogen-bond donors (Lipinski definition) is 0. The van der Waals surface area contributed by atoms with Crippen LogP contribution in [-0.4, -0.2) is 0 Å². The molecule has 1 aliphatic heterocycles. The van der Waals surface area contributed by atoms with Crippen molar-refractivity contribution in [1.82, 2.24) is 0 Å². The van der Waals surface area contributed by atoms with E-state index < -0.39 is 0 Å². The number of ether oxygens (including phenoxy) is 1. The van der Waals surface area contributed by atoms with Gasteiger partial charge in [-0.05, 0) is 81.8 Å². The van der Waals surface area contributed by atoms with Gasteiger partial charge in [0.2, 0.25) is 5.69 Å². The van der Waals surface area contributed by atoms with Crippen LogP contribution in [0.2, 0.25) is 0 Å². The quantitative estimate of drug-likeness (QED) is 0.170. The minimum atomic E-state index is 0.246. The van der Waals surface area contributed by atoms with Gasteiger partial charge in [0.1, 0.15) is 18.5 Å². The van der Waals surface area contributed by atoms with Crippen molar-refractivity contribution in [3.05, 3.63) is 77.0 Å². The average Bonchev–Trinajstić information content (AvgIpc) is 2.82. The van der Waals surface area contributed by atoms with Crippen molar-refractivity contribution in [2.24, 2.45) is 17.9 Å². The van der Waals surface area contributed by atoms with E-state index in [1.165, 1.54) is 65.8 Å². The zero-order chi connectivity index (χ0) is 27.1. The standard InChI is InChI=1S/C36H40NO/c1-21-28-16-24(20-36(6,7)8)11-13-26(28)22(2)34-31(21)33-32-27(14-15-37(33)9)29-17-23(19-35(3,4)5)10-12-25(29)18-30(32)38-34/h10-18H,19-20H2,1-9H3/q+1. The zero-order valence-electron chi connectivity index (χ0n) is 24.5. The Morgan fingerprint density at radius 2 is 1.32 bits per heavy atom. The first-order chi connectivity index (χ1) is 17.8. The molecule has 194 valence electrons. The third-order valence-electron chi connectivity index (χ3n) is 8.02. The summed E-state index contributed by atoms with van der Waals surface area (Å²) in [4.78, 5) is 0. The Kier molecular flexibility index (Phi) is 5.44. The van der Waals surface area contributed by atoms with Crippen LogP contribution < -0.4 is 9.30 Å². The number of pyridine rings is 1. The third-order valence-corrected chi connectivity index (χ3v) is 8.02. The molecule has 0 atom stereocenters. The van der Waals surface area contributed by atoms with Crippen LogP contribution in [0.1, 0.15) is 63.8 Å². The molecular weight excluding hydrogens is 462 g/mol. The molecule has 1 aliphatic rings. The Bertz CT molecular complexity index is 1780. The lowest BCUT2D eigenvalue weighted by molar-refractivity contribution is -0.659. The Labute approximate surface area is 227 Å². The van der Waals surface area contributed by atoms with Gasteiger partial charge in [-0.25, -0.2) is 4.57 Å². The van der Waals surface area contributed by atoms with E-state index in [1.807, 2.05) is 0 Å². The van der Waals surface area contributed by atoms with Crippen LogP contribution in [0.5, 0.6) is 11.5 Å². The molecule has 2 heteroatoms. The van der Waals surface area contributed by atoms with Crippen LogP contribution in [0.4, 0.5) is 0 Å². The van der Waals surface area contributed by atoms with E-state index in [4.69, 9.17) is 4.74 Å². The van der Waals surface area contributed by atoms with Gasteiger partial charge in [0.25, 0.3) is 0 Å². The lowest BCUT2D eigenvalue weighted by atomic mass is 9.84. The summed E-state index contributed by atoms with van der Waals surface area (Å²) in [5.74, 6) is 1.96. The molecule has 0 bridgehead atoms. The average molecular weight is 503 g/mol. The molecule has 1 aromatic heterocycles. The van der Waals surface area contributed by atoms with Crippen molar-refractivity contribution in [3.8, 4) is 22.8 Å². The van der Waals surface area contributed by atoms with E-state index in [0.29, 0.717) is 0 Å². The molecule has 0 N–H and O–H groups in total. The Morgan fingerprint density at radius 3 is 1.97 bits per heavy atom. The smallest absolute Gasteiger partial charge is 0.228 e. The van der Waals surface area contributed by atoms with Gasteiger partial charge in [0.05, 0.1) is 10.9 Å². The molecule has 0 unspecified atom stereocenters. The van der Waals surface area contributed by atoms with E-state index in [0.717, 1.165) is 24.3 Å². The molecule has 5 aromatic rings. The summed E-state index contributed by atoms with van der Waals surface area (Å²) < 4.78 is 9.13. The van der Waals surface area contributed by atoms with Gasteiger partial charge >= 0.3 is 0 Å². The lowest BCUT2D eigenvalue weighted by Crippen LogP contribution is -2.32. The molecule has 0 aliphatic carbocycles. The molecule has 0 saturated heterocycles. The van der Waals surface area contributed by atoms with Gasteiger partial charge in [-0.15, -0.1) is 0 Å². The van der Waals surface area contributed by atoms with Crippen LogP contribution in [0.25, 0.3) is 43.6 Å². The molecule has 0 radical (unpaired) electrons. The summed E-state index contributed by atoms with van der Waals surface area (Å²) in [7, 11) is 2.17. The largest absolute Gasteiger partial charge is 0.455 e. The van der Waals surface area contributed by atoms with E-state index in [-0.39, 0.29) is 10.8 Å². The predicted molar refractivity (Wildman–Crippen MR) is 161 cm³/mol. The van der Waals surface area contributed by atoms with Crippen LogP contribution in [0, 0.1) is 24.7 Å². The maximum atomic E-state index is 6.84. The topological polar surface area (TPSA) is 13.1 Å². The van der Waals surface area contributed by atoms with Crippen molar-refractivity contribution in [2.75, 3.05) is 0 Å². The summed E-state index contributed by atoms with van der Waals surface area (Å²) in [5, 5.41) is 7.64. The highest BCUT2D eigenvalue weighted by atomic mass is 16.5. The number of rotatable bonds is 2. The summed E-state index contributed by atoms with van der Waals surface area (Å²) in [6, 6.07) is 18.5. The predicted octanol–water partition coefficient (Wildman–Crippen LogP) is 9.54. The first kappa shape index (κ1) is 24.9. The number of aromatic nitrogens is 1. The molecule has 4 aromatic carbocycles. The molecule has 0 saturated carbocycles. The zero-order valence-corrected chi connectivity index (χ0v) is 24.5. The van der Waals surface area contributed by atoms with Gasteiger partial charge in [-0.3, -0.25) is 0 Å². The van der Waals surface area contributed by atoms with Crippen LogP contribution >= 0.6 is 0 Å². The van der Waals surface area contributed by atoms with Crippen LogP contribution in [0.15, 0.2) is 54.7 Å². The number of fused-ring (bicyclic) bond motifs is 5. The SMILES string of the molecule is Cc1c2c(c(C)c3cc(CC(C)(C)C)ccc13)-c1c3c(cc4ccc(CC(C)(C)C)cc4c3cc[n+]1C)O2.